The van der Waals surface area contributed by atoms with Crippen molar-refractivity contribution in [2.45, 2.75) is 31.7 Å². The summed E-state index contributed by atoms with van der Waals surface area (Å²) in [6.07, 6.45) is 8.13. The highest BCUT2D eigenvalue weighted by Gasteiger charge is 2.05. The third kappa shape index (κ3) is 4.00. The van der Waals surface area contributed by atoms with Gasteiger partial charge < -0.3 is 5.73 Å². The van der Waals surface area contributed by atoms with Gasteiger partial charge in [-0.3, -0.25) is 4.68 Å². The number of nitrogens with two attached hydrogens (primary N) is 1. The summed E-state index contributed by atoms with van der Waals surface area (Å²) in [7, 11) is 1.94. The van der Waals surface area contributed by atoms with Crippen LogP contribution >= 0.6 is 0 Å². The fourth-order valence-corrected chi connectivity index (χ4v) is 2.09. The van der Waals surface area contributed by atoms with E-state index in [1.54, 1.807) is 0 Å². The molecule has 1 aromatic heterocycles. The maximum atomic E-state index is 6.15. The molecule has 1 atom stereocenters. The number of aryl methyl sites for hydroxylation is 3. The second-order valence-electron chi connectivity index (χ2n) is 4.85. The quantitative estimate of drug-likeness (QED) is 0.846. The number of hydrogen-bond donors (Lipinski definition) is 1. The summed E-state index contributed by atoms with van der Waals surface area (Å²) in [6.45, 7) is 0. The lowest BCUT2D eigenvalue weighted by Gasteiger charge is -2.10. The van der Waals surface area contributed by atoms with E-state index >= 15 is 0 Å². The van der Waals surface area contributed by atoms with Gasteiger partial charge in [0.15, 0.2) is 0 Å². The highest BCUT2D eigenvalue weighted by atomic mass is 15.2. The average Bonchev–Trinajstić information content (AvgIpc) is 2.81. The zero-order chi connectivity index (χ0) is 12.8. The fraction of sp³-hybridized carbons (Fsp3) is 0.400. The smallest absolute Gasteiger partial charge is 0.0521 e. The summed E-state index contributed by atoms with van der Waals surface area (Å²) in [4.78, 5) is 0. The van der Waals surface area contributed by atoms with E-state index in [0.717, 1.165) is 25.7 Å². The molecule has 0 aliphatic heterocycles. The Morgan fingerprint density at radius 2 is 1.78 bits per heavy atom. The normalized spacial score (nSPS) is 12.6. The van der Waals surface area contributed by atoms with Crippen LogP contribution in [-0.4, -0.2) is 15.8 Å². The van der Waals surface area contributed by atoms with E-state index < -0.39 is 0 Å². The minimum atomic E-state index is 0.269. The molecular weight excluding hydrogens is 222 g/mol. The van der Waals surface area contributed by atoms with Crippen LogP contribution in [-0.2, 0) is 19.9 Å². The van der Waals surface area contributed by atoms with E-state index in [1.807, 2.05) is 24.0 Å². The molecule has 3 nitrogen and oxygen atoms in total. The van der Waals surface area contributed by atoms with Crippen LogP contribution in [0.5, 0.6) is 0 Å². The minimum absolute atomic E-state index is 0.269. The van der Waals surface area contributed by atoms with Crippen molar-refractivity contribution in [1.29, 1.82) is 0 Å². The van der Waals surface area contributed by atoms with E-state index in [9.17, 15) is 0 Å². The number of rotatable bonds is 6. The summed E-state index contributed by atoms with van der Waals surface area (Å²) < 4.78 is 1.84. The number of nitrogens with zero attached hydrogens (tertiary/aromatic N) is 2. The second-order valence-corrected chi connectivity index (χ2v) is 4.85. The van der Waals surface area contributed by atoms with Gasteiger partial charge in [-0.25, -0.2) is 0 Å². The zero-order valence-electron chi connectivity index (χ0n) is 10.9. The van der Waals surface area contributed by atoms with Crippen LogP contribution in [0.15, 0.2) is 42.7 Å². The third-order valence-corrected chi connectivity index (χ3v) is 3.21. The van der Waals surface area contributed by atoms with Crippen molar-refractivity contribution < 1.29 is 0 Å². The third-order valence-electron chi connectivity index (χ3n) is 3.21. The molecule has 2 aromatic rings. The van der Waals surface area contributed by atoms with Gasteiger partial charge in [-0.05, 0) is 36.8 Å². The topological polar surface area (TPSA) is 43.8 Å². The summed E-state index contributed by atoms with van der Waals surface area (Å²) in [6, 6.07) is 10.8. The molecule has 2 N–H and O–H groups in total. The predicted molar refractivity (Wildman–Crippen MR) is 74.3 cm³/mol. The Hall–Kier alpha value is -1.61. The highest BCUT2D eigenvalue weighted by Crippen LogP contribution is 2.09. The van der Waals surface area contributed by atoms with Crippen LogP contribution in [0.1, 0.15) is 24.0 Å². The molecular formula is C15H21N3. The largest absolute Gasteiger partial charge is 0.328 e. The van der Waals surface area contributed by atoms with Crippen LogP contribution in [0, 0.1) is 0 Å². The number of benzene rings is 1. The highest BCUT2D eigenvalue weighted by molar-refractivity contribution is 5.14. The molecule has 0 aliphatic rings. The standard InChI is InChI=1S/C15H21N3/c1-18-12-14(11-17-18)8-10-15(16)9-7-13-5-3-2-4-6-13/h2-6,11-12,15H,7-10,16H2,1H3. The van der Waals surface area contributed by atoms with Gasteiger partial charge in [-0.1, -0.05) is 30.3 Å². The molecule has 1 aromatic carbocycles. The Balaban J connectivity index is 1.71. The molecule has 0 bridgehead atoms. The van der Waals surface area contributed by atoms with Crippen LogP contribution < -0.4 is 5.73 Å². The first-order valence-corrected chi connectivity index (χ1v) is 6.51. The van der Waals surface area contributed by atoms with Crippen LogP contribution in [0.2, 0.25) is 0 Å². The van der Waals surface area contributed by atoms with Gasteiger partial charge >= 0.3 is 0 Å². The lowest BCUT2D eigenvalue weighted by molar-refractivity contribution is 0.568. The van der Waals surface area contributed by atoms with Gasteiger partial charge in [-0.15, -0.1) is 0 Å². The molecule has 0 radical (unpaired) electrons. The van der Waals surface area contributed by atoms with Gasteiger partial charge in [0.1, 0.15) is 0 Å². The number of hydrogen-bond acceptors (Lipinski definition) is 2. The van der Waals surface area contributed by atoms with E-state index in [1.165, 1.54) is 11.1 Å². The molecule has 0 amide bonds. The summed E-state index contributed by atoms with van der Waals surface area (Å²) >= 11 is 0. The Morgan fingerprint density at radius 1 is 1.11 bits per heavy atom. The maximum absolute atomic E-state index is 6.15. The summed E-state index contributed by atoms with van der Waals surface area (Å²) in [5, 5.41) is 4.16. The van der Waals surface area contributed by atoms with Crippen molar-refractivity contribution >= 4 is 0 Å². The molecule has 0 saturated heterocycles. The van der Waals surface area contributed by atoms with Gasteiger partial charge in [0, 0.05) is 19.3 Å². The monoisotopic (exact) mass is 243 g/mol. The van der Waals surface area contributed by atoms with Crippen LogP contribution in [0.4, 0.5) is 0 Å². The molecule has 0 spiro atoms. The molecule has 18 heavy (non-hydrogen) atoms. The van der Waals surface area contributed by atoms with Crippen LogP contribution in [0.25, 0.3) is 0 Å². The van der Waals surface area contributed by atoms with Crippen molar-refractivity contribution in [2.75, 3.05) is 0 Å². The Labute approximate surface area is 109 Å². The fourth-order valence-electron chi connectivity index (χ4n) is 2.09. The van der Waals surface area contributed by atoms with E-state index in [0.29, 0.717) is 0 Å². The molecule has 0 fully saturated rings. The first kappa shape index (κ1) is 12.8. The van der Waals surface area contributed by atoms with Crippen molar-refractivity contribution in [3.63, 3.8) is 0 Å². The molecule has 0 aliphatic carbocycles. The van der Waals surface area contributed by atoms with Gasteiger partial charge in [0.25, 0.3) is 0 Å². The first-order valence-electron chi connectivity index (χ1n) is 6.51. The summed E-state index contributed by atoms with van der Waals surface area (Å²) in [5.74, 6) is 0. The molecule has 96 valence electrons. The summed E-state index contributed by atoms with van der Waals surface area (Å²) in [5.41, 5.74) is 8.79. The minimum Gasteiger partial charge on any atom is -0.328 e. The van der Waals surface area contributed by atoms with E-state index in [2.05, 4.69) is 35.6 Å². The predicted octanol–water partition coefficient (Wildman–Crippen LogP) is 2.31. The second kappa shape index (κ2) is 6.36. The molecule has 1 heterocycles. The maximum Gasteiger partial charge on any atom is 0.0521 e. The lowest BCUT2D eigenvalue weighted by atomic mass is 10.0. The van der Waals surface area contributed by atoms with Crippen molar-refractivity contribution in [3.05, 3.63) is 53.9 Å². The van der Waals surface area contributed by atoms with Gasteiger partial charge in [0.2, 0.25) is 0 Å². The van der Waals surface area contributed by atoms with E-state index in [4.69, 9.17) is 5.73 Å². The van der Waals surface area contributed by atoms with Gasteiger partial charge in [-0.2, -0.15) is 5.10 Å². The molecule has 2 rings (SSSR count). The Morgan fingerprint density at radius 3 is 2.39 bits per heavy atom. The lowest BCUT2D eigenvalue weighted by Crippen LogP contribution is -2.21. The molecule has 0 saturated carbocycles. The van der Waals surface area contributed by atoms with Crippen molar-refractivity contribution in [3.8, 4) is 0 Å². The first-order chi connectivity index (χ1) is 8.74. The van der Waals surface area contributed by atoms with E-state index in [-0.39, 0.29) is 6.04 Å². The SMILES string of the molecule is Cn1cc(CCC(N)CCc2ccccc2)cn1. The Kier molecular flexibility index (Phi) is 4.53. The van der Waals surface area contributed by atoms with Crippen LogP contribution in [0.3, 0.4) is 0 Å². The van der Waals surface area contributed by atoms with Gasteiger partial charge in [0.05, 0.1) is 6.20 Å². The van der Waals surface area contributed by atoms with Crippen molar-refractivity contribution in [2.24, 2.45) is 12.8 Å². The Bertz CT molecular complexity index is 462. The number of aromatic nitrogens is 2. The molecule has 3 heteroatoms. The average molecular weight is 243 g/mol. The zero-order valence-corrected chi connectivity index (χ0v) is 10.9. The van der Waals surface area contributed by atoms with Crippen molar-refractivity contribution in [1.82, 2.24) is 9.78 Å². The molecule has 1 unspecified atom stereocenters.